The second kappa shape index (κ2) is 7.84. The third-order valence-corrected chi connectivity index (χ3v) is 6.11. The van der Waals surface area contributed by atoms with Crippen LogP contribution >= 0.6 is 11.6 Å². The van der Waals surface area contributed by atoms with Gasteiger partial charge in [0.05, 0.1) is 12.5 Å². The van der Waals surface area contributed by atoms with E-state index >= 15 is 0 Å². The van der Waals surface area contributed by atoms with Gasteiger partial charge in [0.1, 0.15) is 5.82 Å². The van der Waals surface area contributed by atoms with Crippen LogP contribution in [-0.2, 0) is 25.4 Å². The number of carboxylic acid groups (broad SMARTS) is 1. The Labute approximate surface area is 180 Å². The predicted molar refractivity (Wildman–Crippen MR) is 113 cm³/mol. The van der Waals surface area contributed by atoms with Crippen molar-refractivity contribution in [1.82, 2.24) is 18.7 Å². The van der Waals surface area contributed by atoms with E-state index in [4.69, 9.17) is 11.6 Å². The Balaban J connectivity index is 1.97. The summed E-state index contributed by atoms with van der Waals surface area (Å²) in [6, 6.07) is 4.31. The molecule has 31 heavy (non-hydrogen) atoms. The number of aromatic nitrogens is 4. The molecule has 0 saturated carbocycles. The number of nitrogens with zero attached hydrogens (tertiary/aromatic N) is 5. The number of carbonyl (C=O) groups is 1. The molecule has 9 nitrogen and oxygen atoms in total. The number of halogens is 2. The van der Waals surface area contributed by atoms with Crippen molar-refractivity contribution in [2.45, 2.75) is 19.4 Å². The summed E-state index contributed by atoms with van der Waals surface area (Å²) in [5.74, 6) is -1.74. The first-order chi connectivity index (χ1) is 14.7. The van der Waals surface area contributed by atoms with Gasteiger partial charge in [-0.2, -0.15) is 4.98 Å². The zero-order valence-corrected chi connectivity index (χ0v) is 17.8. The lowest BCUT2D eigenvalue weighted by Crippen LogP contribution is -2.40. The predicted octanol–water partition coefficient (Wildman–Crippen LogP) is 1.58. The zero-order chi connectivity index (χ0) is 22.4. The summed E-state index contributed by atoms with van der Waals surface area (Å²) in [6.45, 7) is 0.614. The van der Waals surface area contributed by atoms with Crippen molar-refractivity contribution in [2.75, 3.05) is 18.0 Å². The largest absolute Gasteiger partial charge is 0.481 e. The number of imidazole rings is 1. The molecule has 3 aromatic rings. The third kappa shape index (κ3) is 3.50. The molecule has 1 N–H and O–H groups in total. The molecule has 0 amide bonds. The topological polar surface area (TPSA) is 102 Å². The van der Waals surface area contributed by atoms with Crippen molar-refractivity contribution in [3.63, 3.8) is 0 Å². The average molecular weight is 450 g/mol. The van der Waals surface area contributed by atoms with E-state index in [1.54, 1.807) is 11.0 Å². The Morgan fingerprint density at radius 3 is 2.71 bits per heavy atom. The van der Waals surface area contributed by atoms with Gasteiger partial charge in [0.15, 0.2) is 11.2 Å². The molecule has 1 saturated heterocycles. The Bertz CT molecular complexity index is 1290. The van der Waals surface area contributed by atoms with Crippen molar-refractivity contribution < 1.29 is 14.3 Å². The maximum Gasteiger partial charge on any atom is 0.332 e. The summed E-state index contributed by atoms with van der Waals surface area (Å²) in [5, 5.41) is 9.65. The van der Waals surface area contributed by atoms with Gasteiger partial charge in [-0.15, -0.1) is 0 Å². The fourth-order valence-electron chi connectivity index (χ4n) is 4.03. The molecule has 0 bridgehead atoms. The summed E-state index contributed by atoms with van der Waals surface area (Å²) in [6.07, 6.45) is 1.16. The van der Waals surface area contributed by atoms with E-state index in [-0.39, 0.29) is 34.8 Å². The molecule has 2 aromatic heterocycles. The molecular formula is C20H21ClFN5O4. The summed E-state index contributed by atoms with van der Waals surface area (Å²) in [5.41, 5.74) is -0.674. The highest BCUT2D eigenvalue weighted by Crippen LogP contribution is 2.28. The van der Waals surface area contributed by atoms with Gasteiger partial charge in [0, 0.05) is 37.8 Å². The second-order valence-corrected chi connectivity index (χ2v) is 8.11. The third-order valence-electron chi connectivity index (χ3n) is 5.76. The van der Waals surface area contributed by atoms with Gasteiger partial charge in [0.25, 0.3) is 5.56 Å². The van der Waals surface area contributed by atoms with E-state index in [2.05, 4.69) is 4.98 Å². The van der Waals surface area contributed by atoms with Gasteiger partial charge in [-0.1, -0.05) is 17.7 Å². The molecule has 1 aromatic carbocycles. The number of fused-ring (bicyclic) bond motifs is 1. The Kier molecular flexibility index (Phi) is 5.34. The van der Waals surface area contributed by atoms with Crippen molar-refractivity contribution in [3.05, 3.63) is 55.4 Å². The molecule has 0 spiro atoms. The van der Waals surface area contributed by atoms with Crippen LogP contribution in [0.1, 0.15) is 18.4 Å². The smallest absolute Gasteiger partial charge is 0.332 e. The molecule has 11 heteroatoms. The van der Waals surface area contributed by atoms with Crippen molar-refractivity contribution >= 4 is 34.7 Å². The van der Waals surface area contributed by atoms with Crippen LogP contribution in [0.4, 0.5) is 10.3 Å². The summed E-state index contributed by atoms with van der Waals surface area (Å²) < 4.78 is 18.3. The number of piperidine rings is 1. The van der Waals surface area contributed by atoms with Gasteiger partial charge in [-0.05, 0) is 25.0 Å². The summed E-state index contributed by atoms with van der Waals surface area (Å²) in [4.78, 5) is 43.3. The van der Waals surface area contributed by atoms with E-state index in [9.17, 15) is 23.9 Å². The van der Waals surface area contributed by atoms with E-state index < -0.39 is 29.0 Å². The lowest BCUT2D eigenvalue weighted by molar-refractivity contribution is -0.141. The minimum Gasteiger partial charge on any atom is -0.481 e. The van der Waals surface area contributed by atoms with Crippen LogP contribution in [-0.4, -0.2) is 42.9 Å². The van der Waals surface area contributed by atoms with Gasteiger partial charge < -0.3 is 10.0 Å². The highest BCUT2D eigenvalue weighted by Gasteiger charge is 2.30. The maximum atomic E-state index is 14.6. The first kappa shape index (κ1) is 21.1. The van der Waals surface area contributed by atoms with Crippen LogP contribution in [0.3, 0.4) is 0 Å². The standard InChI is InChI=1S/C20H21ClFN5O4/c1-24-16-15(17(28)25(2)20(24)31)27(10-12-13(21)6-3-7-14(12)22)19(23-16)26-8-4-5-11(9-26)18(29)30/h3,6-7,11H,4-5,8-10H2,1-2H3,(H,29,30). The molecule has 1 unspecified atom stereocenters. The number of aryl methyl sites for hydroxylation is 1. The molecule has 0 radical (unpaired) electrons. The van der Waals surface area contributed by atoms with E-state index in [0.717, 1.165) is 4.57 Å². The number of hydrogen-bond acceptors (Lipinski definition) is 5. The minimum atomic E-state index is -0.909. The van der Waals surface area contributed by atoms with Crippen molar-refractivity contribution in [2.24, 2.45) is 20.0 Å². The molecule has 3 heterocycles. The van der Waals surface area contributed by atoms with Crippen LogP contribution in [0.2, 0.25) is 5.02 Å². The van der Waals surface area contributed by atoms with Crippen LogP contribution < -0.4 is 16.1 Å². The van der Waals surface area contributed by atoms with Crippen LogP contribution in [0.15, 0.2) is 27.8 Å². The Morgan fingerprint density at radius 2 is 2.03 bits per heavy atom. The monoisotopic (exact) mass is 449 g/mol. The number of hydrogen-bond donors (Lipinski definition) is 1. The van der Waals surface area contributed by atoms with Crippen molar-refractivity contribution in [3.8, 4) is 0 Å². The van der Waals surface area contributed by atoms with Gasteiger partial charge in [-0.25, -0.2) is 9.18 Å². The van der Waals surface area contributed by atoms with Gasteiger partial charge in [-0.3, -0.25) is 23.3 Å². The van der Waals surface area contributed by atoms with E-state index in [0.29, 0.717) is 25.3 Å². The minimum absolute atomic E-state index is 0.0982. The lowest BCUT2D eigenvalue weighted by Gasteiger charge is -2.31. The SMILES string of the molecule is Cn1c(=O)c2c(nc(N3CCCC(C(=O)O)C3)n2Cc2c(F)cccc2Cl)n(C)c1=O. The van der Waals surface area contributed by atoms with Crippen LogP contribution in [0.25, 0.3) is 11.2 Å². The molecule has 1 fully saturated rings. The first-order valence-electron chi connectivity index (χ1n) is 9.77. The zero-order valence-electron chi connectivity index (χ0n) is 17.0. The number of rotatable bonds is 4. The molecular weight excluding hydrogens is 429 g/mol. The molecule has 1 aliphatic rings. The highest BCUT2D eigenvalue weighted by molar-refractivity contribution is 6.31. The summed E-state index contributed by atoms with van der Waals surface area (Å²) >= 11 is 6.22. The molecule has 4 rings (SSSR count). The molecule has 1 atom stereocenters. The maximum absolute atomic E-state index is 14.6. The second-order valence-electron chi connectivity index (χ2n) is 7.70. The lowest BCUT2D eigenvalue weighted by atomic mass is 9.99. The van der Waals surface area contributed by atoms with E-state index in [1.165, 1.54) is 35.4 Å². The summed E-state index contributed by atoms with van der Waals surface area (Å²) in [7, 11) is 2.86. The van der Waals surface area contributed by atoms with Crippen molar-refractivity contribution in [1.29, 1.82) is 0 Å². The molecule has 1 aliphatic heterocycles. The Hall–Kier alpha value is -3.14. The normalized spacial score (nSPS) is 16.8. The van der Waals surface area contributed by atoms with E-state index in [1.807, 2.05) is 0 Å². The fraction of sp³-hybridized carbons (Fsp3) is 0.400. The number of carboxylic acids is 1. The van der Waals surface area contributed by atoms with Crippen LogP contribution in [0, 0.1) is 11.7 Å². The number of anilines is 1. The molecule has 0 aliphatic carbocycles. The van der Waals surface area contributed by atoms with Gasteiger partial charge in [0.2, 0.25) is 5.95 Å². The number of aliphatic carboxylic acids is 1. The van der Waals surface area contributed by atoms with Gasteiger partial charge >= 0.3 is 11.7 Å². The average Bonchev–Trinajstić information content (AvgIpc) is 3.13. The molecule has 164 valence electrons. The highest BCUT2D eigenvalue weighted by atomic mass is 35.5. The first-order valence-corrected chi connectivity index (χ1v) is 10.2. The number of benzene rings is 1. The quantitative estimate of drug-likeness (QED) is 0.648. The van der Waals surface area contributed by atoms with Crippen LogP contribution in [0.5, 0.6) is 0 Å². The Morgan fingerprint density at radius 1 is 1.29 bits per heavy atom. The fourth-order valence-corrected chi connectivity index (χ4v) is 4.25.